The second-order valence-electron chi connectivity index (χ2n) is 6.83. The lowest BCUT2D eigenvalue weighted by Gasteiger charge is -2.14. The molecule has 6 heteroatoms. The third-order valence-electron chi connectivity index (χ3n) is 4.66. The molecule has 0 fully saturated rings. The van der Waals surface area contributed by atoms with Gasteiger partial charge in [0, 0.05) is 16.7 Å². The zero-order chi connectivity index (χ0) is 20.6. The van der Waals surface area contributed by atoms with Crippen molar-refractivity contribution < 1.29 is 24.5 Å². The second-order valence-corrected chi connectivity index (χ2v) is 6.83. The highest BCUT2D eigenvalue weighted by Gasteiger charge is 2.24. The molecule has 0 unspecified atom stereocenters. The van der Waals surface area contributed by atoms with Gasteiger partial charge in [0.1, 0.15) is 28.2 Å². The summed E-state index contributed by atoms with van der Waals surface area (Å²) in [5, 5.41) is 31.3. The number of hydrogen-bond acceptors (Lipinski definition) is 6. The number of hydrogen-bond donors (Lipinski definition) is 3. The van der Waals surface area contributed by atoms with Crippen LogP contribution >= 0.6 is 0 Å². The molecule has 0 radical (unpaired) electrons. The van der Waals surface area contributed by atoms with E-state index in [2.05, 4.69) is 0 Å². The first kappa shape index (κ1) is 19.4. The van der Waals surface area contributed by atoms with E-state index in [1.807, 2.05) is 19.9 Å². The molecule has 3 N–H and O–H groups in total. The molecule has 0 aliphatic heterocycles. The summed E-state index contributed by atoms with van der Waals surface area (Å²) in [5.41, 5.74) is 1.31. The summed E-state index contributed by atoms with van der Waals surface area (Å²) in [5.74, 6) is -0.579. The van der Waals surface area contributed by atoms with Gasteiger partial charge in [-0.1, -0.05) is 11.6 Å². The lowest BCUT2D eigenvalue weighted by molar-refractivity contribution is 0.414. The van der Waals surface area contributed by atoms with Gasteiger partial charge in [0.15, 0.2) is 5.76 Å². The molecule has 0 atom stereocenters. The third kappa shape index (κ3) is 3.17. The highest BCUT2D eigenvalue weighted by molar-refractivity contribution is 5.92. The van der Waals surface area contributed by atoms with Crippen molar-refractivity contribution in [2.24, 2.45) is 0 Å². The minimum absolute atomic E-state index is 0.0405. The molecule has 28 heavy (non-hydrogen) atoms. The number of benzene rings is 2. The van der Waals surface area contributed by atoms with E-state index in [1.165, 1.54) is 14.0 Å². The number of rotatable bonds is 4. The van der Waals surface area contributed by atoms with Crippen molar-refractivity contribution in [1.29, 1.82) is 0 Å². The van der Waals surface area contributed by atoms with Crippen molar-refractivity contribution in [3.05, 3.63) is 57.3 Å². The van der Waals surface area contributed by atoms with Gasteiger partial charge < -0.3 is 24.5 Å². The van der Waals surface area contributed by atoms with E-state index < -0.39 is 16.9 Å². The molecule has 6 nitrogen and oxygen atoms in total. The van der Waals surface area contributed by atoms with Crippen LogP contribution in [-0.2, 0) is 6.42 Å². The van der Waals surface area contributed by atoms with Gasteiger partial charge in [-0.15, -0.1) is 0 Å². The van der Waals surface area contributed by atoms with Crippen LogP contribution in [0.1, 0.15) is 25.0 Å². The fourth-order valence-electron chi connectivity index (χ4n) is 3.02. The maximum absolute atomic E-state index is 12.8. The summed E-state index contributed by atoms with van der Waals surface area (Å²) in [6.07, 6.45) is 2.19. The first-order valence-electron chi connectivity index (χ1n) is 8.77. The normalized spacial score (nSPS) is 10.9. The Labute approximate surface area is 161 Å². The predicted octanol–water partition coefficient (Wildman–Crippen LogP) is 4.40. The maximum atomic E-state index is 12.8. The average Bonchev–Trinajstić information content (AvgIpc) is 2.68. The zero-order valence-corrected chi connectivity index (χ0v) is 16.2. The fraction of sp³-hybridized carbons (Fsp3) is 0.227. The van der Waals surface area contributed by atoms with Crippen LogP contribution in [0.15, 0.2) is 45.1 Å². The van der Waals surface area contributed by atoms with Crippen molar-refractivity contribution in [1.82, 2.24) is 0 Å². The van der Waals surface area contributed by atoms with Crippen LogP contribution in [0.2, 0.25) is 0 Å². The van der Waals surface area contributed by atoms with Crippen LogP contribution in [0.3, 0.4) is 0 Å². The van der Waals surface area contributed by atoms with E-state index in [4.69, 9.17) is 9.15 Å². The maximum Gasteiger partial charge on any atom is 0.238 e. The van der Waals surface area contributed by atoms with Crippen LogP contribution in [0.25, 0.3) is 22.3 Å². The molecular weight excluding hydrogens is 360 g/mol. The molecule has 0 aliphatic carbocycles. The molecule has 0 spiro atoms. The van der Waals surface area contributed by atoms with Crippen molar-refractivity contribution in [2.45, 2.75) is 27.2 Å². The van der Waals surface area contributed by atoms with Crippen molar-refractivity contribution in [2.75, 3.05) is 7.11 Å². The molecule has 3 rings (SSSR count). The molecule has 3 aromatic rings. The lowest BCUT2D eigenvalue weighted by atomic mass is 9.99. The van der Waals surface area contributed by atoms with Crippen molar-refractivity contribution in [3.63, 3.8) is 0 Å². The van der Waals surface area contributed by atoms with Crippen LogP contribution in [0, 0.1) is 6.92 Å². The molecule has 146 valence electrons. The number of phenolic OH excluding ortho intramolecular Hbond substituents is 2. The number of allylic oxidation sites excluding steroid dienone is 2. The summed E-state index contributed by atoms with van der Waals surface area (Å²) in [4.78, 5) is 12.8. The first-order chi connectivity index (χ1) is 13.3. The molecule has 0 bridgehead atoms. The van der Waals surface area contributed by atoms with E-state index in [0.717, 1.165) is 5.57 Å². The third-order valence-corrected chi connectivity index (χ3v) is 4.66. The monoisotopic (exact) mass is 382 g/mol. The number of ether oxygens (including phenoxy) is 1. The second kappa shape index (κ2) is 7.31. The van der Waals surface area contributed by atoms with Gasteiger partial charge in [-0.2, -0.15) is 0 Å². The molecule has 0 saturated heterocycles. The Morgan fingerprint density at radius 1 is 1.07 bits per heavy atom. The molecule has 1 heterocycles. The van der Waals surface area contributed by atoms with Gasteiger partial charge in [-0.25, -0.2) is 0 Å². The molecule has 0 amide bonds. The zero-order valence-electron chi connectivity index (χ0n) is 16.2. The van der Waals surface area contributed by atoms with Gasteiger partial charge in [0.2, 0.25) is 11.2 Å². The molecular formula is C22H22O6. The Kier molecular flexibility index (Phi) is 5.05. The Balaban J connectivity index is 2.38. The Morgan fingerprint density at radius 2 is 1.71 bits per heavy atom. The number of aromatic hydroxyl groups is 3. The van der Waals surface area contributed by atoms with Gasteiger partial charge in [-0.3, -0.25) is 4.79 Å². The molecule has 1 aromatic heterocycles. The summed E-state index contributed by atoms with van der Waals surface area (Å²) < 4.78 is 11.0. The van der Waals surface area contributed by atoms with Crippen molar-refractivity contribution >= 4 is 11.0 Å². The summed E-state index contributed by atoms with van der Waals surface area (Å²) in [6, 6.07) is 6.64. The smallest absolute Gasteiger partial charge is 0.238 e. The minimum Gasteiger partial charge on any atom is -0.507 e. The molecule has 0 aliphatic rings. The summed E-state index contributed by atoms with van der Waals surface area (Å²) in [6.45, 7) is 5.33. The fourth-order valence-corrected chi connectivity index (χ4v) is 3.02. The first-order valence-corrected chi connectivity index (χ1v) is 8.77. The van der Waals surface area contributed by atoms with E-state index in [0.29, 0.717) is 23.3 Å². The minimum atomic E-state index is -0.758. The average molecular weight is 382 g/mol. The van der Waals surface area contributed by atoms with E-state index >= 15 is 0 Å². The predicted molar refractivity (Wildman–Crippen MR) is 107 cm³/mol. The van der Waals surface area contributed by atoms with Gasteiger partial charge in [0.05, 0.1) is 7.11 Å². The SMILES string of the molecule is COc1ccc(-c2oc3c(CC=C(C)C)c(O)c(C)c(O)c3c(=O)c2O)cc1. The Hall–Kier alpha value is -3.41. The van der Waals surface area contributed by atoms with Crippen LogP contribution in [-0.4, -0.2) is 22.4 Å². The van der Waals surface area contributed by atoms with Crippen molar-refractivity contribution in [3.8, 4) is 34.3 Å². The van der Waals surface area contributed by atoms with Crippen LogP contribution in [0.5, 0.6) is 23.0 Å². The number of phenols is 2. The summed E-state index contributed by atoms with van der Waals surface area (Å²) >= 11 is 0. The standard InChI is InChI=1S/C22H22O6/c1-11(2)5-10-15-17(23)12(3)18(24)16-19(25)20(26)21(28-22(15)16)13-6-8-14(27-4)9-7-13/h5-9,23-24,26H,10H2,1-4H3. The summed E-state index contributed by atoms with van der Waals surface area (Å²) in [7, 11) is 1.53. The Bertz CT molecular complexity index is 1130. The van der Waals surface area contributed by atoms with E-state index in [-0.39, 0.29) is 28.0 Å². The van der Waals surface area contributed by atoms with Crippen LogP contribution in [0.4, 0.5) is 0 Å². The number of methoxy groups -OCH3 is 1. The largest absolute Gasteiger partial charge is 0.507 e. The molecule has 2 aromatic carbocycles. The van der Waals surface area contributed by atoms with Gasteiger partial charge in [-0.05, 0) is 51.5 Å². The molecule has 0 saturated carbocycles. The topological polar surface area (TPSA) is 100 Å². The van der Waals surface area contributed by atoms with Crippen LogP contribution < -0.4 is 10.2 Å². The van der Waals surface area contributed by atoms with E-state index in [9.17, 15) is 20.1 Å². The number of fused-ring (bicyclic) bond motifs is 1. The van der Waals surface area contributed by atoms with Gasteiger partial charge >= 0.3 is 0 Å². The van der Waals surface area contributed by atoms with Gasteiger partial charge in [0.25, 0.3) is 0 Å². The Morgan fingerprint density at radius 3 is 2.29 bits per heavy atom. The highest BCUT2D eigenvalue weighted by atomic mass is 16.5. The highest BCUT2D eigenvalue weighted by Crippen LogP contribution is 2.41. The lowest BCUT2D eigenvalue weighted by Crippen LogP contribution is -2.06. The quantitative estimate of drug-likeness (QED) is 0.578. The van der Waals surface area contributed by atoms with E-state index in [1.54, 1.807) is 24.3 Å².